The molecule has 0 fully saturated rings. The number of hydrogen-bond donors (Lipinski definition) is 1. The standard InChI is InChI=1S/C18H16O2S/c1-20-14-8-6-13(7-9-14)12-21-18-11-10-17(19)15-4-2-3-5-16(15)18/h2-11,19H,12H2,1H3. The third-order valence-electron chi connectivity index (χ3n) is 3.41. The molecule has 0 aliphatic carbocycles. The molecule has 3 heteroatoms. The van der Waals surface area contributed by atoms with E-state index in [1.165, 1.54) is 10.5 Å². The number of aromatic hydroxyl groups is 1. The highest BCUT2D eigenvalue weighted by Gasteiger charge is 2.05. The number of benzene rings is 3. The van der Waals surface area contributed by atoms with E-state index in [2.05, 4.69) is 12.1 Å². The summed E-state index contributed by atoms with van der Waals surface area (Å²) in [7, 11) is 1.67. The number of methoxy groups -OCH3 is 1. The molecule has 0 radical (unpaired) electrons. The minimum atomic E-state index is 0.333. The SMILES string of the molecule is COc1ccc(CSc2ccc(O)c3ccccc23)cc1. The van der Waals surface area contributed by atoms with E-state index in [-0.39, 0.29) is 0 Å². The van der Waals surface area contributed by atoms with Gasteiger partial charge in [-0.2, -0.15) is 0 Å². The Morgan fingerprint density at radius 3 is 2.33 bits per heavy atom. The lowest BCUT2D eigenvalue weighted by molar-refractivity contribution is 0.414. The fourth-order valence-electron chi connectivity index (χ4n) is 2.26. The number of ether oxygens (including phenoxy) is 1. The molecular weight excluding hydrogens is 280 g/mol. The maximum atomic E-state index is 9.92. The molecule has 0 aliphatic heterocycles. The summed E-state index contributed by atoms with van der Waals surface area (Å²) < 4.78 is 5.17. The second-order valence-corrected chi connectivity index (χ2v) is 5.78. The van der Waals surface area contributed by atoms with Crippen molar-refractivity contribution < 1.29 is 9.84 Å². The van der Waals surface area contributed by atoms with Gasteiger partial charge < -0.3 is 9.84 Å². The van der Waals surface area contributed by atoms with Gasteiger partial charge in [-0.05, 0) is 35.2 Å². The van der Waals surface area contributed by atoms with Gasteiger partial charge in [-0.15, -0.1) is 11.8 Å². The zero-order valence-corrected chi connectivity index (χ0v) is 12.6. The van der Waals surface area contributed by atoms with Crippen LogP contribution in [0.5, 0.6) is 11.5 Å². The van der Waals surface area contributed by atoms with Crippen LogP contribution >= 0.6 is 11.8 Å². The van der Waals surface area contributed by atoms with Crippen LogP contribution in [0, 0.1) is 0 Å². The van der Waals surface area contributed by atoms with Gasteiger partial charge in [0.2, 0.25) is 0 Å². The highest BCUT2D eigenvalue weighted by Crippen LogP contribution is 2.34. The summed E-state index contributed by atoms with van der Waals surface area (Å²) in [6, 6.07) is 19.8. The van der Waals surface area contributed by atoms with Crippen molar-refractivity contribution in [3.63, 3.8) is 0 Å². The highest BCUT2D eigenvalue weighted by atomic mass is 32.2. The summed E-state index contributed by atoms with van der Waals surface area (Å²) in [4.78, 5) is 1.18. The van der Waals surface area contributed by atoms with Crippen molar-refractivity contribution in [1.29, 1.82) is 0 Å². The molecule has 21 heavy (non-hydrogen) atoms. The quantitative estimate of drug-likeness (QED) is 0.698. The van der Waals surface area contributed by atoms with Crippen molar-refractivity contribution in [2.45, 2.75) is 10.6 Å². The lowest BCUT2D eigenvalue weighted by atomic mass is 10.1. The molecule has 0 unspecified atom stereocenters. The van der Waals surface area contributed by atoms with E-state index in [0.717, 1.165) is 22.3 Å². The first-order valence-electron chi connectivity index (χ1n) is 6.74. The zero-order valence-electron chi connectivity index (χ0n) is 11.7. The molecule has 0 amide bonds. The van der Waals surface area contributed by atoms with Crippen LogP contribution in [0.15, 0.2) is 65.6 Å². The van der Waals surface area contributed by atoms with Crippen molar-refractivity contribution in [3.8, 4) is 11.5 Å². The van der Waals surface area contributed by atoms with Crippen LogP contribution in [0.2, 0.25) is 0 Å². The molecule has 3 aromatic rings. The molecule has 0 saturated heterocycles. The molecule has 106 valence electrons. The van der Waals surface area contributed by atoms with E-state index in [1.807, 2.05) is 42.5 Å². The predicted octanol–water partition coefficient (Wildman–Crippen LogP) is 4.85. The first-order chi connectivity index (χ1) is 10.3. The number of fused-ring (bicyclic) bond motifs is 1. The molecule has 3 aromatic carbocycles. The second kappa shape index (κ2) is 6.10. The third-order valence-corrected chi connectivity index (χ3v) is 4.56. The minimum absolute atomic E-state index is 0.333. The predicted molar refractivity (Wildman–Crippen MR) is 88.2 cm³/mol. The summed E-state index contributed by atoms with van der Waals surface area (Å²) in [5.74, 6) is 2.09. The Kier molecular flexibility index (Phi) is 4.02. The van der Waals surface area contributed by atoms with Gasteiger partial charge in [-0.25, -0.2) is 0 Å². The number of rotatable bonds is 4. The maximum Gasteiger partial charge on any atom is 0.123 e. The Balaban J connectivity index is 1.83. The van der Waals surface area contributed by atoms with E-state index < -0.39 is 0 Å². The molecule has 2 nitrogen and oxygen atoms in total. The van der Waals surface area contributed by atoms with Gasteiger partial charge in [0.25, 0.3) is 0 Å². The summed E-state index contributed by atoms with van der Waals surface area (Å²) >= 11 is 1.77. The Hall–Kier alpha value is -2.13. The molecule has 1 N–H and O–H groups in total. The van der Waals surface area contributed by atoms with Gasteiger partial charge >= 0.3 is 0 Å². The van der Waals surface area contributed by atoms with Crippen LogP contribution in [0.4, 0.5) is 0 Å². The topological polar surface area (TPSA) is 29.5 Å². The van der Waals surface area contributed by atoms with Gasteiger partial charge in [0, 0.05) is 16.0 Å². The summed E-state index contributed by atoms with van der Waals surface area (Å²) in [6.07, 6.45) is 0. The van der Waals surface area contributed by atoms with Crippen LogP contribution in [0.1, 0.15) is 5.56 Å². The summed E-state index contributed by atoms with van der Waals surface area (Å²) in [5, 5.41) is 11.9. The van der Waals surface area contributed by atoms with E-state index in [9.17, 15) is 5.11 Å². The first kappa shape index (κ1) is 13.8. The lowest BCUT2D eigenvalue weighted by Gasteiger charge is -2.08. The Morgan fingerprint density at radius 1 is 0.905 bits per heavy atom. The van der Waals surface area contributed by atoms with Crippen LogP contribution in [0.25, 0.3) is 10.8 Å². The van der Waals surface area contributed by atoms with Gasteiger partial charge in [0.15, 0.2) is 0 Å². The average Bonchev–Trinajstić information content (AvgIpc) is 2.55. The summed E-state index contributed by atoms with van der Waals surface area (Å²) in [6.45, 7) is 0. The molecular formula is C18H16O2S. The highest BCUT2D eigenvalue weighted by molar-refractivity contribution is 7.98. The van der Waals surface area contributed by atoms with E-state index in [4.69, 9.17) is 4.74 Å². The molecule has 3 rings (SSSR count). The lowest BCUT2D eigenvalue weighted by Crippen LogP contribution is -1.85. The third kappa shape index (κ3) is 2.98. The van der Waals surface area contributed by atoms with Gasteiger partial charge in [-0.1, -0.05) is 36.4 Å². The normalized spacial score (nSPS) is 10.7. The molecule has 0 bridgehead atoms. The largest absolute Gasteiger partial charge is 0.507 e. The van der Waals surface area contributed by atoms with Crippen molar-refractivity contribution in [2.75, 3.05) is 7.11 Å². The van der Waals surface area contributed by atoms with Crippen LogP contribution in [-0.4, -0.2) is 12.2 Å². The van der Waals surface area contributed by atoms with Crippen molar-refractivity contribution in [2.24, 2.45) is 0 Å². The van der Waals surface area contributed by atoms with E-state index in [0.29, 0.717) is 5.75 Å². The molecule has 0 aliphatic rings. The first-order valence-corrected chi connectivity index (χ1v) is 7.73. The van der Waals surface area contributed by atoms with E-state index in [1.54, 1.807) is 24.9 Å². The van der Waals surface area contributed by atoms with Crippen molar-refractivity contribution in [1.82, 2.24) is 0 Å². The molecule has 0 spiro atoms. The Morgan fingerprint density at radius 2 is 1.62 bits per heavy atom. The second-order valence-electron chi connectivity index (χ2n) is 4.77. The Labute approximate surface area is 128 Å². The number of hydrogen-bond acceptors (Lipinski definition) is 3. The van der Waals surface area contributed by atoms with E-state index >= 15 is 0 Å². The molecule has 0 heterocycles. The van der Waals surface area contributed by atoms with Crippen LogP contribution in [0.3, 0.4) is 0 Å². The zero-order chi connectivity index (χ0) is 14.7. The smallest absolute Gasteiger partial charge is 0.123 e. The minimum Gasteiger partial charge on any atom is -0.507 e. The van der Waals surface area contributed by atoms with Gasteiger partial charge in [-0.3, -0.25) is 0 Å². The number of phenolic OH excluding ortho intramolecular Hbond substituents is 1. The fraction of sp³-hybridized carbons (Fsp3) is 0.111. The van der Waals surface area contributed by atoms with Crippen LogP contribution in [-0.2, 0) is 5.75 Å². The van der Waals surface area contributed by atoms with Gasteiger partial charge in [0.05, 0.1) is 7.11 Å². The summed E-state index contributed by atoms with van der Waals surface area (Å²) in [5.41, 5.74) is 1.25. The monoisotopic (exact) mass is 296 g/mol. The van der Waals surface area contributed by atoms with Crippen LogP contribution < -0.4 is 4.74 Å². The average molecular weight is 296 g/mol. The number of phenols is 1. The molecule has 0 saturated carbocycles. The fourth-order valence-corrected chi connectivity index (χ4v) is 3.28. The Bertz CT molecular complexity index is 751. The molecule has 0 aromatic heterocycles. The van der Waals surface area contributed by atoms with Crippen molar-refractivity contribution in [3.05, 3.63) is 66.2 Å². The number of thioether (sulfide) groups is 1. The van der Waals surface area contributed by atoms with Crippen molar-refractivity contribution >= 4 is 22.5 Å². The van der Waals surface area contributed by atoms with Gasteiger partial charge in [0.1, 0.15) is 11.5 Å². The molecule has 0 atom stereocenters. The maximum absolute atomic E-state index is 9.92.